The lowest BCUT2D eigenvalue weighted by Crippen LogP contribution is -2.13. The van der Waals surface area contributed by atoms with Crippen LogP contribution in [0.4, 0.5) is 13.2 Å². The first-order valence-corrected chi connectivity index (χ1v) is 3.04. The summed E-state index contributed by atoms with van der Waals surface area (Å²) in [6, 6.07) is 0. The van der Waals surface area contributed by atoms with E-state index in [4.69, 9.17) is 5.11 Å². The van der Waals surface area contributed by atoms with Crippen molar-refractivity contribution in [3.63, 3.8) is 0 Å². The van der Waals surface area contributed by atoms with Crippen molar-refractivity contribution in [2.24, 2.45) is 0 Å². The SMILES string of the molecule is Oc1cnc(CC(F)(F)F)nc1. The highest BCUT2D eigenvalue weighted by Gasteiger charge is 2.29. The fourth-order valence-corrected chi connectivity index (χ4v) is 0.619. The largest absolute Gasteiger partial charge is 0.505 e. The lowest BCUT2D eigenvalue weighted by atomic mass is 10.4. The van der Waals surface area contributed by atoms with Gasteiger partial charge in [-0.05, 0) is 0 Å². The van der Waals surface area contributed by atoms with Gasteiger partial charge in [-0.1, -0.05) is 0 Å². The van der Waals surface area contributed by atoms with Gasteiger partial charge in [-0.25, -0.2) is 9.97 Å². The summed E-state index contributed by atoms with van der Waals surface area (Å²) in [6.07, 6.45) is -3.63. The second-order valence-corrected chi connectivity index (χ2v) is 2.15. The fourth-order valence-electron chi connectivity index (χ4n) is 0.619. The maximum atomic E-state index is 11.7. The Hall–Kier alpha value is -1.33. The molecule has 3 nitrogen and oxygen atoms in total. The molecular weight excluding hydrogens is 173 g/mol. The monoisotopic (exact) mass is 178 g/mol. The predicted octanol–water partition coefficient (Wildman–Crippen LogP) is 1.29. The number of aromatic nitrogens is 2. The van der Waals surface area contributed by atoms with Crippen molar-refractivity contribution in [1.82, 2.24) is 9.97 Å². The zero-order valence-electron chi connectivity index (χ0n) is 5.84. The summed E-state index contributed by atoms with van der Waals surface area (Å²) in [6.45, 7) is 0. The quantitative estimate of drug-likeness (QED) is 0.704. The number of halogens is 3. The Morgan fingerprint density at radius 1 is 1.25 bits per heavy atom. The minimum absolute atomic E-state index is 0.249. The van der Waals surface area contributed by atoms with Crippen LogP contribution in [0.25, 0.3) is 0 Å². The summed E-state index contributed by atoms with van der Waals surface area (Å²) in [7, 11) is 0. The molecule has 0 bridgehead atoms. The summed E-state index contributed by atoms with van der Waals surface area (Å²) in [5.74, 6) is -0.596. The molecule has 0 unspecified atom stereocenters. The first-order valence-electron chi connectivity index (χ1n) is 3.04. The van der Waals surface area contributed by atoms with Crippen molar-refractivity contribution in [2.75, 3.05) is 0 Å². The van der Waals surface area contributed by atoms with Crippen LogP contribution in [-0.4, -0.2) is 21.3 Å². The number of aromatic hydroxyl groups is 1. The van der Waals surface area contributed by atoms with Crippen molar-refractivity contribution < 1.29 is 18.3 Å². The molecule has 0 aliphatic heterocycles. The molecule has 0 aliphatic rings. The number of rotatable bonds is 1. The summed E-state index contributed by atoms with van der Waals surface area (Å²) >= 11 is 0. The Kier molecular flexibility index (Phi) is 2.16. The van der Waals surface area contributed by atoms with Gasteiger partial charge < -0.3 is 5.11 Å². The van der Waals surface area contributed by atoms with E-state index in [2.05, 4.69) is 9.97 Å². The third kappa shape index (κ3) is 2.73. The molecule has 0 fully saturated rings. The zero-order chi connectivity index (χ0) is 9.19. The van der Waals surface area contributed by atoms with Crippen LogP contribution in [-0.2, 0) is 6.42 Å². The molecule has 1 aromatic heterocycles. The van der Waals surface area contributed by atoms with Crippen molar-refractivity contribution >= 4 is 0 Å². The van der Waals surface area contributed by atoms with Gasteiger partial charge in [0.15, 0.2) is 5.75 Å². The predicted molar refractivity (Wildman–Crippen MR) is 33.5 cm³/mol. The average molecular weight is 178 g/mol. The molecule has 0 aromatic carbocycles. The minimum atomic E-state index is -4.31. The van der Waals surface area contributed by atoms with Gasteiger partial charge in [0, 0.05) is 0 Å². The van der Waals surface area contributed by atoms with Crippen LogP contribution in [0.3, 0.4) is 0 Å². The van der Waals surface area contributed by atoms with Crippen LogP contribution >= 0.6 is 0 Å². The number of nitrogens with zero attached hydrogens (tertiary/aromatic N) is 2. The van der Waals surface area contributed by atoms with Crippen LogP contribution in [0.5, 0.6) is 5.75 Å². The van der Waals surface area contributed by atoms with Gasteiger partial charge in [0.25, 0.3) is 0 Å². The molecule has 0 saturated heterocycles. The molecule has 66 valence electrons. The molecule has 0 spiro atoms. The molecule has 1 N–H and O–H groups in total. The van der Waals surface area contributed by atoms with Gasteiger partial charge in [0.05, 0.1) is 12.4 Å². The first-order chi connectivity index (χ1) is 5.47. The van der Waals surface area contributed by atoms with Crippen LogP contribution in [0, 0.1) is 0 Å². The molecule has 0 atom stereocenters. The highest BCUT2D eigenvalue weighted by Crippen LogP contribution is 2.19. The zero-order valence-corrected chi connectivity index (χ0v) is 5.84. The third-order valence-corrected chi connectivity index (χ3v) is 1.05. The Balaban J connectivity index is 2.71. The van der Waals surface area contributed by atoms with Gasteiger partial charge in [0.1, 0.15) is 12.2 Å². The van der Waals surface area contributed by atoms with E-state index < -0.39 is 12.6 Å². The fraction of sp³-hybridized carbons (Fsp3) is 0.333. The maximum absolute atomic E-state index is 11.7. The van der Waals surface area contributed by atoms with Crippen LogP contribution < -0.4 is 0 Å². The van der Waals surface area contributed by atoms with E-state index in [9.17, 15) is 13.2 Å². The molecule has 1 heterocycles. The molecule has 1 aromatic rings. The maximum Gasteiger partial charge on any atom is 0.396 e. The normalized spacial score (nSPS) is 11.6. The van der Waals surface area contributed by atoms with Gasteiger partial charge in [-0.3, -0.25) is 0 Å². The average Bonchev–Trinajstić information content (AvgIpc) is 1.91. The molecule has 0 saturated carbocycles. The first kappa shape index (κ1) is 8.76. The molecular formula is C6H5F3N2O. The highest BCUT2D eigenvalue weighted by molar-refractivity contribution is 5.09. The standard InChI is InChI=1S/C6H5F3N2O/c7-6(8,9)1-5-10-2-4(12)3-11-5/h2-3,12H,1H2. The van der Waals surface area contributed by atoms with Gasteiger partial charge in [0.2, 0.25) is 0 Å². The Labute approximate surface area is 65.9 Å². The number of alkyl halides is 3. The second-order valence-electron chi connectivity index (χ2n) is 2.15. The Bertz CT molecular complexity index is 256. The Morgan fingerprint density at radius 3 is 2.17 bits per heavy atom. The minimum Gasteiger partial charge on any atom is -0.505 e. The molecule has 6 heteroatoms. The van der Waals surface area contributed by atoms with E-state index >= 15 is 0 Å². The van der Waals surface area contributed by atoms with Crippen molar-refractivity contribution in [2.45, 2.75) is 12.6 Å². The Morgan fingerprint density at radius 2 is 1.75 bits per heavy atom. The van der Waals surface area contributed by atoms with E-state index in [0.717, 1.165) is 12.4 Å². The molecule has 0 aliphatic carbocycles. The molecule has 0 radical (unpaired) electrons. The summed E-state index contributed by atoms with van der Waals surface area (Å²) in [5.41, 5.74) is 0. The number of hydrogen-bond donors (Lipinski definition) is 1. The molecule has 12 heavy (non-hydrogen) atoms. The van der Waals surface area contributed by atoms with E-state index in [0.29, 0.717) is 0 Å². The van der Waals surface area contributed by atoms with E-state index in [1.54, 1.807) is 0 Å². The lowest BCUT2D eigenvalue weighted by molar-refractivity contribution is -0.128. The van der Waals surface area contributed by atoms with Gasteiger partial charge in [-0.2, -0.15) is 13.2 Å². The van der Waals surface area contributed by atoms with Crippen molar-refractivity contribution in [3.05, 3.63) is 18.2 Å². The summed E-state index contributed by atoms with van der Waals surface area (Å²) in [5, 5.41) is 8.65. The second kappa shape index (κ2) is 2.96. The molecule has 1 rings (SSSR count). The van der Waals surface area contributed by atoms with Crippen LogP contribution in [0.1, 0.15) is 5.82 Å². The van der Waals surface area contributed by atoms with E-state index in [1.807, 2.05) is 0 Å². The lowest BCUT2D eigenvalue weighted by Gasteiger charge is -2.03. The topological polar surface area (TPSA) is 46.0 Å². The van der Waals surface area contributed by atoms with E-state index in [1.165, 1.54) is 0 Å². The summed E-state index contributed by atoms with van der Waals surface area (Å²) < 4.78 is 35.1. The molecule has 0 amide bonds. The van der Waals surface area contributed by atoms with Gasteiger partial charge in [-0.15, -0.1) is 0 Å². The van der Waals surface area contributed by atoms with Crippen molar-refractivity contribution in [1.29, 1.82) is 0 Å². The van der Waals surface area contributed by atoms with Crippen LogP contribution in [0.15, 0.2) is 12.4 Å². The van der Waals surface area contributed by atoms with Crippen molar-refractivity contribution in [3.8, 4) is 5.75 Å². The van der Waals surface area contributed by atoms with Gasteiger partial charge >= 0.3 is 6.18 Å². The van der Waals surface area contributed by atoms with E-state index in [-0.39, 0.29) is 11.6 Å². The highest BCUT2D eigenvalue weighted by atomic mass is 19.4. The third-order valence-electron chi connectivity index (χ3n) is 1.05. The number of hydrogen-bond acceptors (Lipinski definition) is 3. The smallest absolute Gasteiger partial charge is 0.396 e. The van der Waals surface area contributed by atoms with Crippen LogP contribution in [0.2, 0.25) is 0 Å². The summed E-state index contributed by atoms with van der Waals surface area (Å²) in [4.78, 5) is 6.57.